The number of rotatable bonds is 4. The first-order valence-corrected chi connectivity index (χ1v) is 6.89. The van der Waals surface area contributed by atoms with Crippen LogP contribution in [0.4, 0.5) is 0 Å². The fraction of sp³-hybridized carbons (Fsp3) is 0.500. The highest BCUT2D eigenvalue weighted by molar-refractivity contribution is 6.31. The van der Waals surface area contributed by atoms with Crippen molar-refractivity contribution in [3.8, 4) is 0 Å². The molecule has 4 nitrogen and oxygen atoms in total. The molecule has 1 heterocycles. The van der Waals surface area contributed by atoms with Crippen LogP contribution in [0.2, 0.25) is 5.02 Å². The van der Waals surface area contributed by atoms with E-state index in [0.29, 0.717) is 19.4 Å². The Morgan fingerprint density at radius 1 is 1.58 bits per heavy atom. The standard InChI is InChI=1S/C14H19ClN2O2/c1-9(6-10-4-2-3-5-12(10)15)17-14(19)13-7-11(18)8-16-13/h2-5,9,11,13,16,18H,6-8H2,1H3,(H,17,19). The molecule has 0 radical (unpaired) electrons. The maximum Gasteiger partial charge on any atom is 0.237 e. The highest BCUT2D eigenvalue weighted by Gasteiger charge is 2.28. The van der Waals surface area contributed by atoms with Gasteiger partial charge < -0.3 is 15.7 Å². The topological polar surface area (TPSA) is 61.4 Å². The van der Waals surface area contributed by atoms with Crippen molar-refractivity contribution in [2.24, 2.45) is 0 Å². The normalized spacial score (nSPS) is 24.2. The van der Waals surface area contributed by atoms with E-state index in [1.807, 2.05) is 31.2 Å². The number of β-amino-alcohol motifs (C(OH)–C–C–N with tert-alkyl or cyclic N) is 1. The van der Waals surface area contributed by atoms with Crippen LogP contribution in [0.15, 0.2) is 24.3 Å². The lowest BCUT2D eigenvalue weighted by molar-refractivity contribution is -0.123. The minimum Gasteiger partial charge on any atom is -0.392 e. The second kappa shape index (κ2) is 6.37. The summed E-state index contributed by atoms with van der Waals surface area (Å²) in [6, 6.07) is 7.35. The summed E-state index contributed by atoms with van der Waals surface area (Å²) in [5, 5.41) is 16.1. The molecule has 1 aliphatic heterocycles. The minimum absolute atomic E-state index is 0.00643. The van der Waals surface area contributed by atoms with Crippen molar-refractivity contribution < 1.29 is 9.90 Å². The molecule has 0 spiro atoms. The van der Waals surface area contributed by atoms with Crippen LogP contribution in [0.5, 0.6) is 0 Å². The first kappa shape index (κ1) is 14.3. The smallest absolute Gasteiger partial charge is 0.237 e. The minimum atomic E-state index is -0.422. The van der Waals surface area contributed by atoms with Gasteiger partial charge in [-0.2, -0.15) is 0 Å². The number of hydrogen-bond acceptors (Lipinski definition) is 3. The van der Waals surface area contributed by atoms with E-state index in [-0.39, 0.29) is 18.0 Å². The Labute approximate surface area is 118 Å². The molecular formula is C14H19ClN2O2. The van der Waals surface area contributed by atoms with E-state index in [9.17, 15) is 9.90 Å². The van der Waals surface area contributed by atoms with Gasteiger partial charge in [0.15, 0.2) is 0 Å². The van der Waals surface area contributed by atoms with E-state index in [2.05, 4.69) is 10.6 Å². The summed E-state index contributed by atoms with van der Waals surface area (Å²) in [6.07, 6.45) is 0.750. The Bertz CT molecular complexity index is 453. The number of aliphatic hydroxyl groups is 1. The predicted molar refractivity (Wildman–Crippen MR) is 75.2 cm³/mol. The number of amides is 1. The van der Waals surface area contributed by atoms with Crippen molar-refractivity contribution in [3.05, 3.63) is 34.9 Å². The van der Waals surface area contributed by atoms with E-state index >= 15 is 0 Å². The van der Waals surface area contributed by atoms with Crippen LogP contribution in [0.1, 0.15) is 18.9 Å². The third-order valence-corrected chi connectivity index (χ3v) is 3.67. The predicted octanol–water partition coefficient (Wildman–Crippen LogP) is 1.11. The molecule has 1 fully saturated rings. The van der Waals surface area contributed by atoms with E-state index in [4.69, 9.17) is 11.6 Å². The molecule has 5 heteroatoms. The highest BCUT2D eigenvalue weighted by atomic mass is 35.5. The quantitative estimate of drug-likeness (QED) is 0.775. The SMILES string of the molecule is CC(Cc1ccccc1Cl)NC(=O)C1CC(O)CN1. The number of benzene rings is 1. The third kappa shape index (κ3) is 3.93. The van der Waals surface area contributed by atoms with Crippen LogP contribution in [0, 0.1) is 0 Å². The summed E-state index contributed by atoms with van der Waals surface area (Å²) in [5.74, 6) is -0.0592. The maximum absolute atomic E-state index is 12.0. The Hall–Kier alpha value is -1.10. The zero-order valence-electron chi connectivity index (χ0n) is 10.9. The summed E-state index contributed by atoms with van der Waals surface area (Å²) in [4.78, 5) is 12.0. The van der Waals surface area contributed by atoms with Gasteiger partial charge in [-0.3, -0.25) is 4.79 Å². The number of carbonyl (C=O) groups is 1. The Balaban J connectivity index is 1.86. The van der Waals surface area contributed by atoms with Gasteiger partial charge in [-0.15, -0.1) is 0 Å². The lowest BCUT2D eigenvalue weighted by Gasteiger charge is -2.17. The first-order chi connectivity index (χ1) is 9.06. The summed E-state index contributed by atoms with van der Waals surface area (Å²) in [6.45, 7) is 2.43. The Morgan fingerprint density at radius 3 is 2.95 bits per heavy atom. The van der Waals surface area contributed by atoms with Crippen LogP contribution < -0.4 is 10.6 Å². The fourth-order valence-electron chi connectivity index (χ4n) is 2.31. The number of halogens is 1. The van der Waals surface area contributed by atoms with Crippen LogP contribution in [0.3, 0.4) is 0 Å². The van der Waals surface area contributed by atoms with Crippen molar-refractivity contribution in [2.45, 2.75) is 38.0 Å². The highest BCUT2D eigenvalue weighted by Crippen LogP contribution is 2.16. The molecule has 1 amide bonds. The van der Waals surface area contributed by atoms with Gasteiger partial charge in [0.05, 0.1) is 12.1 Å². The second-order valence-electron chi connectivity index (χ2n) is 5.06. The monoisotopic (exact) mass is 282 g/mol. The van der Waals surface area contributed by atoms with Gasteiger partial charge >= 0.3 is 0 Å². The van der Waals surface area contributed by atoms with E-state index in [0.717, 1.165) is 10.6 Å². The van der Waals surface area contributed by atoms with Crippen LogP contribution in [-0.4, -0.2) is 35.7 Å². The van der Waals surface area contributed by atoms with Crippen molar-refractivity contribution >= 4 is 17.5 Å². The molecule has 19 heavy (non-hydrogen) atoms. The molecule has 3 atom stereocenters. The number of hydrogen-bond donors (Lipinski definition) is 3. The van der Waals surface area contributed by atoms with Gasteiger partial charge in [0.2, 0.25) is 5.91 Å². The summed E-state index contributed by atoms with van der Waals surface area (Å²) in [7, 11) is 0. The molecule has 3 N–H and O–H groups in total. The molecule has 1 aliphatic rings. The van der Waals surface area contributed by atoms with E-state index in [1.54, 1.807) is 0 Å². The molecule has 3 unspecified atom stereocenters. The van der Waals surface area contributed by atoms with Gasteiger partial charge in [-0.1, -0.05) is 29.8 Å². The third-order valence-electron chi connectivity index (χ3n) is 3.30. The molecule has 0 aromatic heterocycles. The van der Waals surface area contributed by atoms with Crippen molar-refractivity contribution in [1.29, 1.82) is 0 Å². The largest absolute Gasteiger partial charge is 0.392 e. The van der Waals surface area contributed by atoms with Gasteiger partial charge in [-0.05, 0) is 31.4 Å². The summed E-state index contributed by atoms with van der Waals surface area (Å²) in [5.41, 5.74) is 1.02. The molecule has 1 saturated heterocycles. The lowest BCUT2D eigenvalue weighted by Crippen LogP contribution is -2.44. The van der Waals surface area contributed by atoms with Crippen molar-refractivity contribution in [2.75, 3.05) is 6.54 Å². The maximum atomic E-state index is 12.0. The van der Waals surface area contributed by atoms with Gasteiger partial charge in [0, 0.05) is 17.6 Å². The van der Waals surface area contributed by atoms with Crippen LogP contribution >= 0.6 is 11.6 Å². The molecule has 1 aromatic rings. The average molecular weight is 283 g/mol. The molecule has 2 rings (SSSR count). The van der Waals surface area contributed by atoms with E-state index in [1.165, 1.54) is 0 Å². The molecular weight excluding hydrogens is 264 g/mol. The number of aliphatic hydroxyl groups excluding tert-OH is 1. The average Bonchev–Trinajstić information content (AvgIpc) is 2.79. The second-order valence-corrected chi connectivity index (χ2v) is 5.46. The molecule has 0 saturated carbocycles. The molecule has 104 valence electrons. The molecule has 1 aromatic carbocycles. The zero-order valence-corrected chi connectivity index (χ0v) is 11.7. The number of nitrogens with one attached hydrogen (secondary N) is 2. The van der Waals surface area contributed by atoms with Gasteiger partial charge in [0.25, 0.3) is 0 Å². The summed E-state index contributed by atoms with van der Waals surface area (Å²) >= 11 is 6.09. The first-order valence-electron chi connectivity index (χ1n) is 6.51. The van der Waals surface area contributed by atoms with Crippen molar-refractivity contribution in [1.82, 2.24) is 10.6 Å². The number of carbonyl (C=O) groups excluding carboxylic acids is 1. The summed E-state index contributed by atoms with van der Waals surface area (Å²) < 4.78 is 0. The molecule has 0 aliphatic carbocycles. The van der Waals surface area contributed by atoms with Gasteiger partial charge in [0.1, 0.15) is 0 Å². The Morgan fingerprint density at radius 2 is 2.32 bits per heavy atom. The fourth-order valence-corrected chi connectivity index (χ4v) is 2.52. The zero-order chi connectivity index (χ0) is 13.8. The lowest BCUT2D eigenvalue weighted by atomic mass is 10.1. The van der Waals surface area contributed by atoms with E-state index < -0.39 is 6.10 Å². The van der Waals surface area contributed by atoms with Crippen LogP contribution in [0.25, 0.3) is 0 Å². The van der Waals surface area contributed by atoms with Crippen LogP contribution in [-0.2, 0) is 11.2 Å². The molecule has 0 bridgehead atoms. The van der Waals surface area contributed by atoms with Crippen molar-refractivity contribution in [3.63, 3.8) is 0 Å². The Kier molecular flexibility index (Phi) is 4.80. The van der Waals surface area contributed by atoms with Gasteiger partial charge in [-0.25, -0.2) is 0 Å².